The Morgan fingerprint density at radius 1 is 1.39 bits per heavy atom. The number of nitrogens with zero attached hydrogens (tertiary/aromatic N) is 2. The minimum absolute atomic E-state index is 0.0203. The van der Waals surface area contributed by atoms with E-state index in [2.05, 4.69) is 10.3 Å². The van der Waals surface area contributed by atoms with Crippen LogP contribution in [0, 0.1) is 6.92 Å². The van der Waals surface area contributed by atoms with Gasteiger partial charge in [-0.3, -0.25) is 9.59 Å². The van der Waals surface area contributed by atoms with Gasteiger partial charge in [-0.25, -0.2) is 4.98 Å². The number of fused-ring (bicyclic) bond motifs is 2. The minimum atomic E-state index is -0.651. The molecule has 0 unspecified atom stereocenters. The zero-order valence-corrected chi connectivity index (χ0v) is 12.8. The van der Waals surface area contributed by atoms with E-state index >= 15 is 0 Å². The van der Waals surface area contributed by atoms with E-state index in [4.69, 9.17) is 4.42 Å². The third-order valence-electron chi connectivity index (χ3n) is 4.85. The van der Waals surface area contributed by atoms with Crippen LogP contribution >= 0.6 is 0 Å². The van der Waals surface area contributed by atoms with Crippen molar-refractivity contribution in [1.82, 2.24) is 9.88 Å². The van der Waals surface area contributed by atoms with Crippen molar-refractivity contribution in [1.29, 1.82) is 0 Å². The summed E-state index contributed by atoms with van der Waals surface area (Å²) in [5, 5.41) is 2.95. The maximum absolute atomic E-state index is 12.7. The predicted octanol–water partition coefficient (Wildman–Crippen LogP) is 2.11. The number of benzene rings is 1. The third kappa shape index (κ3) is 1.98. The number of hydrogen-bond donors (Lipinski definition) is 1. The Kier molecular flexibility index (Phi) is 3.01. The molecule has 2 aliphatic rings. The molecule has 4 rings (SSSR count). The van der Waals surface area contributed by atoms with Crippen LogP contribution in [0.1, 0.15) is 34.7 Å². The number of nitrogens with one attached hydrogen (secondary N) is 1. The monoisotopic (exact) mass is 311 g/mol. The Bertz CT molecular complexity index is 798. The van der Waals surface area contributed by atoms with Gasteiger partial charge in [0.15, 0.2) is 12.1 Å². The highest BCUT2D eigenvalue weighted by Crippen LogP contribution is 2.43. The van der Waals surface area contributed by atoms with Crippen molar-refractivity contribution in [3.63, 3.8) is 0 Å². The highest BCUT2D eigenvalue weighted by molar-refractivity contribution is 6.07. The van der Waals surface area contributed by atoms with Gasteiger partial charge in [-0.15, -0.1) is 0 Å². The molecule has 6 nitrogen and oxygen atoms in total. The van der Waals surface area contributed by atoms with Crippen LogP contribution in [-0.2, 0) is 10.2 Å². The summed E-state index contributed by atoms with van der Waals surface area (Å²) < 4.78 is 5.13. The van der Waals surface area contributed by atoms with Crippen molar-refractivity contribution in [3.05, 3.63) is 47.7 Å². The number of piperidine rings is 1. The van der Waals surface area contributed by atoms with Gasteiger partial charge in [0.25, 0.3) is 5.91 Å². The first-order valence-electron chi connectivity index (χ1n) is 7.72. The highest BCUT2D eigenvalue weighted by Gasteiger charge is 2.50. The number of likely N-dealkylation sites (tertiary alicyclic amines) is 1. The molecule has 1 aromatic heterocycles. The summed E-state index contributed by atoms with van der Waals surface area (Å²) in [6, 6.07) is 7.72. The lowest BCUT2D eigenvalue weighted by molar-refractivity contribution is -0.122. The van der Waals surface area contributed by atoms with Crippen LogP contribution in [0.25, 0.3) is 0 Å². The number of rotatable bonds is 1. The van der Waals surface area contributed by atoms with Crippen LogP contribution < -0.4 is 5.32 Å². The molecule has 23 heavy (non-hydrogen) atoms. The molecule has 118 valence electrons. The van der Waals surface area contributed by atoms with Gasteiger partial charge in [0.2, 0.25) is 5.91 Å². The van der Waals surface area contributed by atoms with Gasteiger partial charge in [-0.05, 0) is 31.4 Å². The molecule has 0 saturated carbocycles. The molecule has 0 aliphatic carbocycles. The summed E-state index contributed by atoms with van der Waals surface area (Å²) in [5.41, 5.74) is 1.51. The van der Waals surface area contributed by atoms with Crippen molar-refractivity contribution >= 4 is 17.5 Å². The third-order valence-corrected chi connectivity index (χ3v) is 4.85. The molecule has 1 N–H and O–H groups in total. The molecule has 1 saturated heterocycles. The predicted molar refractivity (Wildman–Crippen MR) is 83.1 cm³/mol. The Labute approximate surface area is 133 Å². The normalized spacial score (nSPS) is 23.0. The smallest absolute Gasteiger partial charge is 0.276 e. The van der Waals surface area contributed by atoms with Gasteiger partial charge >= 0.3 is 0 Å². The van der Waals surface area contributed by atoms with Crippen molar-refractivity contribution in [3.8, 4) is 0 Å². The zero-order chi connectivity index (χ0) is 16.0. The van der Waals surface area contributed by atoms with E-state index < -0.39 is 5.41 Å². The van der Waals surface area contributed by atoms with Gasteiger partial charge in [0, 0.05) is 18.8 Å². The Morgan fingerprint density at radius 2 is 2.22 bits per heavy atom. The first-order chi connectivity index (χ1) is 11.1. The van der Waals surface area contributed by atoms with Gasteiger partial charge < -0.3 is 14.6 Å². The van der Waals surface area contributed by atoms with Crippen molar-refractivity contribution in [2.45, 2.75) is 25.2 Å². The second kappa shape index (κ2) is 4.94. The standard InChI is InChI=1S/C17H17N3O3/c1-11-14(18-10-23-11)15(21)20-8-4-7-17(9-20)12-5-2-3-6-13(12)19-16(17)22/h2-3,5-6,10H,4,7-9H2,1H3,(H,19,22)/t17-/m1/s1. The average Bonchev–Trinajstić information content (AvgIpc) is 3.10. The summed E-state index contributed by atoms with van der Waals surface area (Å²) in [7, 11) is 0. The van der Waals surface area contributed by atoms with E-state index in [1.807, 2.05) is 24.3 Å². The van der Waals surface area contributed by atoms with Crippen LogP contribution in [0.3, 0.4) is 0 Å². The maximum Gasteiger partial charge on any atom is 0.276 e. The van der Waals surface area contributed by atoms with Crippen LogP contribution in [0.5, 0.6) is 0 Å². The van der Waals surface area contributed by atoms with Crippen LogP contribution in [0.2, 0.25) is 0 Å². The van der Waals surface area contributed by atoms with Crippen molar-refractivity contribution in [2.75, 3.05) is 18.4 Å². The maximum atomic E-state index is 12.7. The number of carbonyl (C=O) groups excluding carboxylic acids is 2. The van der Waals surface area contributed by atoms with E-state index in [-0.39, 0.29) is 11.8 Å². The molecule has 2 aliphatic heterocycles. The topological polar surface area (TPSA) is 75.4 Å². The summed E-state index contributed by atoms with van der Waals surface area (Å²) in [4.78, 5) is 31.1. The molecule has 1 aromatic carbocycles. The molecular weight excluding hydrogens is 294 g/mol. The highest BCUT2D eigenvalue weighted by atomic mass is 16.3. The number of hydrogen-bond acceptors (Lipinski definition) is 4. The largest absolute Gasteiger partial charge is 0.448 e. The van der Waals surface area contributed by atoms with Crippen LogP contribution in [-0.4, -0.2) is 34.8 Å². The lowest BCUT2D eigenvalue weighted by Gasteiger charge is -2.38. The first kappa shape index (κ1) is 14.0. The number of para-hydroxylation sites is 1. The number of aromatic nitrogens is 1. The lowest BCUT2D eigenvalue weighted by Crippen LogP contribution is -2.52. The molecule has 0 bridgehead atoms. The number of amides is 2. The molecule has 0 radical (unpaired) electrons. The molecule has 1 fully saturated rings. The molecule has 2 amide bonds. The fourth-order valence-corrected chi connectivity index (χ4v) is 3.67. The van der Waals surface area contributed by atoms with Crippen LogP contribution in [0.15, 0.2) is 35.1 Å². The summed E-state index contributed by atoms with van der Waals surface area (Å²) in [5.74, 6) is 0.312. The second-order valence-corrected chi connectivity index (χ2v) is 6.17. The zero-order valence-electron chi connectivity index (χ0n) is 12.8. The number of anilines is 1. The average molecular weight is 311 g/mol. The fourth-order valence-electron chi connectivity index (χ4n) is 3.67. The first-order valence-corrected chi connectivity index (χ1v) is 7.72. The van der Waals surface area contributed by atoms with Crippen LogP contribution in [0.4, 0.5) is 5.69 Å². The summed E-state index contributed by atoms with van der Waals surface area (Å²) in [6.45, 7) is 2.72. The lowest BCUT2D eigenvalue weighted by atomic mass is 9.75. The van der Waals surface area contributed by atoms with E-state index in [0.29, 0.717) is 24.5 Å². The SMILES string of the molecule is Cc1ocnc1C(=O)N1CCC[C@]2(C1)C(=O)Nc1ccccc12. The van der Waals surface area contributed by atoms with Gasteiger partial charge in [-0.1, -0.05) is 18.2 Å². The second-order valence-electron chi connectivity index (χ2n) is 6.17. The van der Waals surface area contributed by atoms with E-state index in [1.165, 1.54) is 6.39 Å². The van der Waals surface area contributed by atoms with Gasteiger partial charge in [-0.2, -0.15) is 0 Å². The van der Waals surface area contributed by atoms with E-state index in [9.17, 15) is 9.59 Å². The van der Waals surface area contributed by atoms with E-state index in [0.717, 1.165) is 24.1 Å². The van der Waals surface area contributed by atoms with Gasteiger partial charge in [0.1, 0.15) is 5.76 Å². The van der Waals surface area contributed by atoms with Gasteiger partial charge in [0.05, 0.1) is 5.41 Å². The summed E-state index contributed by atoms with van der Waals surface area (Å²) in [6.07, 6.45) is 2.81. The number of aryl methyl sites for hydroxylation is 1. The molecule has 2 aromatic rings. The minimum Gasteiger partial charge on any atom is -0.448 e. The fraction of sp³-hybridized carbons (Fsp3) is 0.353. The van der Waals surface area contributed by atoms with Crippen molar-refractivity contribution in [2.24, 2.45) is 0 Å². The molecular formula is C17H17N3O3. The Balaban J connectivity index is 1.69. The molecule has 3 heterocycles. The quantitative estimate of drug-likeness (QED) is 0.875. The Morgan fingerprint density at radius 3 is 3.00 bits per heavy atom. The molecule has 6 heteroatoms. The van der Waals surface area contributed by atoms with Crippen molar-refractivity contribution < 1.29 is 14.0 Å². The summed E-state index contributed by atoms with van der Waals surface area (Å²) >= 11 is 0. The molecule has 1 spiro atoms. The molecule has 1 atom stereocenters. The Hall–Kier alpha value is -2.63. The number of carbonyl (C=O) groups is 2. The van der Waals surface area contributed by atoms with E-state index in [1.54, 1.807) is 11.8 Å². The number of oxazole rings is 1.